The second-order valence-electron chi connectivity index (χ2n) is 7.14. The highest BCUT2D eigenvalue weighted by Crippen LogP contribution is 2.28. The van der Waals surface area contributed by atoms with Crippen LogP contribution in [0.4, 0.5) is 0 Å². The van der Waals surface area contributed by atoms with Crippen LogP contribution in [-0.4, -0.2) is 61.8 Å². The number of hydrogen-bond donors (Lipinski definition) is 0. The van der Waals surface area contributed by atoms with Crippen LogP contribution in [0.2, 0.25) is 5.02 Å². The number of benzene rings is 1. The molecule has 2 fully saturated rings. The summed E-state index contributed by atoms with van der Waals surface area (Å²) in [6.45, 7) is 3.62. The standard InChI is InChI=1S/C19H29ClN2O/c1-21-10-7-17(8-11-21)22-12-9-19(23-2)14-18(22)13-15-3-5-16(20)6-4-15/h3-6,17-19H,7-14H2,1-2H3/t18-,19-/m0/s1. The maximum atomic E-state index is 6.03. The molecule has 2 aliphatic heterocycles. The molecule has 0 unspecified atom stereocenters. The van der Waals surface area contributed by atoms with Gasteiger partial charge in [0.15, 0.2) is 0 Å². The molecule has 2 heterocycles. The van der Waals surface area contributed by atoms with Crippen molar-refractivity contribution in [3.05, 3.63) is 34.9 Å². The fourth-order valence-electron chi connectivity index (χ4n) is 4.15. The van der Waals surface area contributed by atoms with Gasteiger partial charge in [0.05, 0.1) is 6.10 Å². The molecule has 0 amide bonds. The Balaban J connectivity index is 1.69. The van der Waals surface area contributed by atoms with Crippen molar-refractivity contribution in [3.8, 4) is 0 Å². The Morgan fingerprint density at radius 2 is 1.78 bits per heavy atom. The first-order chi connectivity index (χ1) is 11.2. The van der Waals surface area contributed by atoms with Gasteiger partial charge < -0.3 is 9.64 Å². The maximum Gasteiger partial charge on any atom is 0.0598 e. The van der Waals surface area contributed by atoms with Crippen LogP contribution in [0.1, 0.15) is 31.2 Å². The van der Waals surface area contributed by atoms with Crippen LogP contribution in [0.25, 0.3) is 0 Å². The highest BCUT2D eigenvalue weighted by atomic mass is 35.5. The van der Waals surface area contributed by atoms with Gasteiger partial charge in [-0.15, -0.1) is 0 Å². The van der Waals surface area contributed by atoms with E-state index in [0.717, 1.165) is 23.9 Å². The molecule has 0 aromatic heterocycles. The van der Waals surface area contributed by atoms with Crippen molar-refractivity contribution >= 4 is 11.6 Å². The van der Waals surface area contributed by atoms with Crippen LogP contribution >= 0.6 is 11.6 Å². The summed E-state index contributed by atoms with van der Waals surface area (Å²) in [6.07, 6.45) is 6.42. The normalized spacial score (nSPS) is 28.1. The molecular weight excluding hydrogens is 308 g/mol. The van der Waals surface area contributed by atoms with Crippen LogP contribution < -0.4 is 0 Å². The van der Waals surface area contributed by atoms with Gasteiger partial charge in [-0.25, -0.2) is 0 Å². The van der Waals surface area contributed by atoms with Crippen LogP contribution in [0.5, 0.6) is 0 Å². The van der Waals surface area contributed by atoms with E-state index >= 15 is 0 Å². The Hall–Kier alpha value is -0.610. The molecule has 1 aromatic rings. The fourth-order valence-corrected chi connectivity index (χ4v) is 4.27. The van der Waals surface area contributed by atoms with E-state index in [0.29, 0.717) is 12.1 Å². The molecule has 2 aliphatic rings. The van der Waals surface area contributed by atoms with Gasteiger partial charge in [-0.3, -0.25) is 4.90 Å². The highest BCUT2D eigenvalue weighted by molar-refractivity contribution is 6.30. The Morgan fingerprint density at radius 3 is 2.43 bits per heavy atom. The molecule has 2 atom stereocenters. The number of halogens is 1. The molecule has 2 saturated heterocycles. The molecule has 3 rings (SSSR count). The Labute approximate surface area is 145 Å². The zero-order valence-corrected chi connectivity index (χ0v) is 15.1. The Kier molecular flexibility index (Phi) is 5.97. The van der Waals surface area contributed by atoms with E-state index < -0.39 is 0 Å². The lowest BCUT2D eigenvalue weighted by Gasteiger charge is -2.46. The number of hydrogen-bond acceptors (Lipinski definition) is 3. The summed E-state index contributed by atoms with van der Waals surface area (Å²) in [7, 11) is 4.09. The molecule has 0 N–H and O–H groups in total. The van der Waals surface area contributed by atoms with Gasteiger partial charge >= 0.3 is 0 Å². The molecule has 1 aromatic carbocycles. The summed E-state index contributed by atoms with van der Waals surface area (Å²) in [4.78, 5) is 5.23. The topological polar surface area (TPSA) is 15.7 Å². The van der Waals surface area contributed by atoms with Crippen molar-refractivity contribution in [2.45, 2.75) is 50.3 Å². The van der Waals surface area contributed by atoms with Gasteiger partial charge in [-0.2, -0.15) is 0 Å². The minimum Gasteiger partial charge on any atom is -0.381 e. The van der Waals surface area contributed by atoms with E-state index in [4.69, 9.17) is 16.3 Å². The number of nitrogens with zero attached hydrogens (tertiary/aromatic N) is 2. The first kappa shape index (κ1) is 17.2. The SMILES string of the molecule is CO[C@H]1CCN(C2CCN(C)CC2)[C@@H](Cc2ccc(Cl)cc2)C1. The van der Waals surface area contributed by atoms with Crippen molar-refractivity contribution in [3.63, 3.8) is 0 Å². The van der Waals surface area contributed by atoms with Crippen LogP contribution in [-0.2, 0) is 11.2 Å². The second kappa shape index (κ2) is 7.98. The highest BCUT2D eigenvalue weighted by Gasteiger charge is 2.34. The summed E-state index contributed by atoms with van der Waals surface area (Å²) in [5.41, 5.74) is 1.38. The summed E-state index contributed by atoms with van der Waals surface area (Å²) in [6, 6.07) is 9.68. The van der Waals surface area contributed by atoms with E-state index in [1.54, 1.807) is 0 Å². The van der Waals surface area contributed by atoms with Crippen molar-refractivity contribution in [2.75, 3.05) is 33.8 Å². The fraction of sp³-hybridized carbons (Fsp3) is 0.684. The zero-order valence-electron chi connectivity index (χ0n) is 14.4. The van der Waals surface area contributed by atoms with Gasteiger partial charge in [0.25, 0.3) is 0 Å². The third kappa shape index (κ3) is 4.48. The number of rotatable bonds is 4. The molecule has 128 valence electrons. The Bertz CT molecular complexity index is 485. The lowest BCUT2D eigenvalue weighted by Crippen LogP contribution is -2.53. The largest absolute Gasteiger partial charge is 0.381 e. The zero-order chi connectivity index (χ0) is 16.2. The summed E-state index contributed by atoms with van der Waals surface area (Å²) in [5, 5.41) is 0.819. The maximum absolute atomic E-state index is 6.03. The molecule has 0 aliphatic carbocycles. The van der Waals surface area contributed by atoms with E-state index in [-0.39, 0.29) is 0 Å². The number of piperidine rings is 2. The van der Waals surface area contributed by atoms with Crippen molar-refractivity contribution in [1.82, 2.24) is 9.80 Å². The van der Waals surface area contributed by atoms with Crippen molar-refractivity contribution in [2.24, 2.45) is 0 Å². The predicted molar refractivity (Wildman–Crippen MR) is 96.2 cm³/mol. The van der Waals surface area contributed by atoms with E-state index in [2.05, 4.69) is 29.0 Å². The number of likely N-dealkylation sites (tertiary alicyclic amines) is 2. The molecule has 23 heavy (non-hydrogen) atoms. The first-order valence-electron chi connectivity index (χ1n) is 8.87. The van der Waals surface area contributed by atoms with Gasteiger partial charge in [-0.1, -0.05) is 23.7 Å². The van der Waals surface area contributed by atoms with Crippen LogP contribution in [0, 0.1) is 0 Å². The second-order valence-corrected chi connectivity index (χ2v) is 7.58. The summed E-state index contributed by atoms with van der Waals surface area (Å²) in [5.74, 6) is 0. The van der Waals surface area contributed by atoms with Gasteiger partial charge in [0, 0.05) is 30.8 Å². The van der Waals surface area contributed by atoms with Crippen LogP contribution in [0.15, 0.2) is 24.3 Å². The molecule has 0 bridgehead atoms. The smallest absolute Gasteiger partial charge is 0.0598 e. The lowest BCUT2D eigenvalue weighted by atomic mass is 9.90. The van der Waals surface area contributed by atoms with E-state index in [1.165, 1.54) is 44.5 Å². The monoisotopic (exact) mass is 336 g/mol. The molecule has 0 spiro atoms. The minimum atomic E-state index is 0.412. The first-order valence-corrected chi connectivity index (χ1v) is 9.25. The lowest BCUT2D eigenvalue weighted by molar-refractivity contribution is -0.0178. The number of methoxy groups -OCH3 is 1. The molecule has 0 radical (unpaired) electrons. The molecule has 3 nitrogen and oxygen atoms in total. The summed E-state index contributed by atoms with van der Waals surface area (Å²) >= 11 is 6.03. The molecule has 4 heteroatoms. The third-order valence-electron chi connectivity index (χ3n) is 5.59. The van der Waals surface area contributed by atoms with E-state index in [9.17, 15) is 0 Å². The third-order valence-corrected chi connectivity index (χ3v) is 5.84. The average Bonchev–Trinajstić information content (AvgIpc) is 2.58. The van der Waals surface area contributed by atoms with Gasteiger partial charge in [0.1, 0.15) is 0 Å². The van der Waals surface area contributed by atoms with Gasteiger partial charge in [-0.05, 0) is 69.9 Å². The predicted octanol–water partition coefficient (Wildman–Crippen LogP) is 3.46. The molecule has 0 saturated carbocycles. The average molecular weight is 337 g/mol. The van der Waals surface area contributed by atoms with Crippen molar-refractivity contribution in [1.29, 1.82) is 0 Å². The summed E-state index contributed by atoms with van der Waals surface area (Å²) < 4.78 is 5.67. The van der Waals surface area contributed by atoms with Crippen LogP contribution in [0.3, 0.4) is 0 Å². The van der Waals surface area contributed by atoms with Gasteiger partial charge in [0.2, 0.25) is 0 Å². The molecular formula is C19H29ClN2O. The number of ether oxygens (including phenoxy) is 1. The minimum absolute atomic E-state index is 0.412. The van der Waals surface area contributed by atoms with Crippen molar-refractivity contribution < 1.29 is 4.74 Å². The quantitative estimate of drug-likeness (QED) is 0.837. The Morgan fingerprint density at radius 1 is 1.09 bits per heavy atom. The van der Waals surface area contributed by atoms with E-state index in [1.807, 2.05) is 19.2 Å².